The van der Waals surface area contributed by atoms with E-state index in [1.54, 1.807) is 0 Å². The number of unbranched alkanes of at least 4 members (excludes halogenated alkanes) is 63. The second kappa shape index (κ2) is 73.3. The Balaban J connectivity index is 3.33. The van der Waals surface area contributed by atoms with Crippen LogP contribution in [-0.2, 0) is 14.3 Å². The zero-order valence-corrected chi connectivity index (χ0v) is 57.0. The molecule has 0 heterocycles. The summed E-state index contributed by atoms with van der Waals surface area (Å²) in [6, 6.07) is -0.539. The Morgan fingerprint density at radius 3 is 0.735 bits per heavy atom. The van der Waals surface area contributed by atoms with Crippen molar-refractivity contribution in [1.29, 1.82) is 0 Å². The van der Waals surface area contributed by atoms with Crippen LogP contribution in [0, 0.1) is 0 Å². The molecule has 0 aromatic carbocycles. The van der Waals surface area contributed by atoms with Gasteiger partial charge in [0, 0.05) is 12.8 Å². The molecule has 2 unspecified atom stereocenters. The van der Waals surface area contributed by atoms with Crippen molar-refractivity contribution in [1.82, 2.24) is 5.32 Å². The molecule has 6 heteroatoms. The van der Waals surface area contributed by atoms with E-state index in [0.717, 1.165) is 38.5 Å². The highest BCUT2D eigenvalue weighted by Crippen LogP contribution is 2.20. The second-order valence-electron chi connectivity index (χ2n) is 27.1. The quantitative estimate of drug-likeness (QED) is 0.0417. The van der Waals surface area contributed by atoms with Gasteiger partial charge >= 0.3 is 5.97 Å². The minimum Gasteiger partial charge on any atom is -0.466 e. The summed E-state index contributed by atoms with van der Waals surface area (Å²) in [6.45, 7) is 5.01. The Morgan fingerprint density at radius 1 is 0.289 bits per heavy atom. The highest BCUT2D eigenvalue weighted by molar-refractivity contribution is 5.76. The Hall–Kier alpha value is -1.14. The highest BCUT2D eigenvalue weighted by atomic mass is 16.5. The van der Waals surface area contributed by atoms with E-state index in [1.807, 2.05) is 0 Å². The van der Waals surface area contributed by atoms with Crippen LogP contribution in [0.2, 0.25) is 0 Å². The molecule has 0 aliphatic heterocycles. The topological polar surface area (TPSA) is 95.9 Å². The molecule has 0 bridgehead atoms. The molecule has 6 nitrogen and oxygen atoms in total. The Kier molecular flexibility index (Phi) is 72.3. The maximum absolute atomic E-state index is 12.6. The molecule has 0 spiro atoms. The molecular formula is C77H153NO5. The number of esters is 1. The number of aliphatic hydroxyl groups is 2. The molecule has 0 saturated carbocycles. The molecule has 0 aliphatic carbocycles. The van der Waals surface area contributed by atoms with E-state index in [9.17, 15) is 19.8 Å². The summed E-state index contributed by atoms with van der Waals surface area (Å²) in [4.78, 5) is 24.6. The van der Waals surface area contributed by atoms with E-state index < -0.39 is 12.1 Å². The Labute approximate surface area is 521 Å². The van der Waals surface area contributed by atoms with Crippen molar-refractivity contribution in [2.75, 3.05) is 13.2 Å². The normalized spacial score (nSPS) is 12.4. The lowest BCUT2D eigenvalue weighted by molar-refractivity contribution is -0.143. The smallest absolute Gasteiger partial charge is 0.305 e. The standard InChI is InChI=1S/C77H153NO5/c1-3-5-7-9-11-13-15-17-18-19-20-21-30-33-36-39-42-46-49-53-57-61-65-69-75(80)74(73-79)78-76(81)70-66-62-58-54-50-47-43-40-37-34-31-28-26-24-22-23-25-27-29-32-35-38-41-44-48-52-56-60-64-68-72-83-77(82)71-67-63-59-55-51-45-16-14-12-10-8-6-4-2/h74-75,79-80H,3-73H2,1-2H3,(H,78,81). The van der Waals surface area contributed by atoms with E-state index in [-0.39, 0.29) is 18.5 Å². The van der Waals surface area contributed by atoms with Gasteiger partial charge < -0.3 is 20.3 Å². The number of hydrogen-bond donors (Lipinski definition) is 3. The fourth-order valence-corrected chi connectivity index (χ4v) is 12.8. The van der Waals surface area contributed by atoms with Crippen LogP contribution >= 0.6 is 0 Å². The Bertz CT molecular complexity index is 1210. The molecule has 0 aromatic heterocycles. The van der Waals surface area contributed by atoms with Crippen LogP contribution in [0.4, 0.5) is 0 Å². The van der Waals surface area contributed by atoms with Crippen LogP contribution in [0.15, 0.2) is 0 Å². The van der Waals surface area contributed by atoms with Gasteiger partial charge in [0.05, 0.1) is 25.4 Å². The lowest BCUT2D eigenvalue weighted by atomic mass is 10.0. The summed E-state index contributed by atoms with van der Waals surface area (Å²) in [5, 5.41) is 23.5. The molecule has 3 N–H and O–H groups in total. The van der Waals surface area contributed by atoms with Crippen molar-refractivity contribution in [3.8, 4) is 0 Å². The third-order valence-electron chi connectivity index (χ3n) is 18.7. The Morgan fingerprint density at radius 2 is 0.494 bits per heavy atom. The summed E-state index contributed by atoms with van der Waals surface area (Å²) in [6.07, 6.45) is 90.4. The summed E-state index contributed by atoms with van der Waals surface area (Å²) >= 11 is 0. The van der Waals surface area contributed by atoms with Gasteiger partial charge in [0.1, 0.15) is 0 Å². The van der Waals surface area contributed by atoms with Crippen molar-refractivity contribution in [3.05, 3.63) is 0 Å². The van der Waals surface area contributed by atoms with Crippen molar-refractivity contribution in [2.45, 2.75) is 469 Å². The predicted molar refractivity (Wildman–Crippen MR) is 366 cm³/mol. The van der Waals surface area contributed by atoms with Gasteiger partial charge in [-0.25, -0.2) is 0 Å². The lowest BCUT2D eigenvalue weighted by Gasteiger charge is -2.22. The number of hydrogen-bond acceptors (Lipinski definition) is 5. The number of amides is 1. The monoisotopic (exact) mass is 1170 g/mol. The number of nitrogens with one attached hydrogen (secondary N) is 1. The molecule has 0 radical (unpaired) electrons. The molecule has 0 aromatic rings. The van der Waals surface area contributed by atoms with Crippen LogP contribution < -0.4 is 5.32 Å². The first-order valence-electron chi connectivity index (χ1n) is 38.8. The number of ether oxygens (including phenoxy) is 1. The minimum absolute atomic E-state index is 0.0231. The van der Waals surface area contributed by atoms with Crippen LogP contribution in [-0.4, -0.2) is 47.4 Å². The van der Waals surface area contributed by atoms with E-state index in [2.05, 4.69) is 19.2 Å². The van der Waals surface area contributed by atoms with Gasteiger partial charge in [-0.15, -0.1) is 0 Å². The third kappa shape index (κ3) is 69.8. The van der Waals surface area contributed by atoms with E-state index in [0.29, 0.717) is 25.9 Å². The molecule has 0 rings (SSSR count). The van der Waals surface area contributed by atoms with Crippen LogP contribution in [0.5, 0.6) is 0 Å². The average Bonchev–Trinajstić information content (AvgIpc) is 3.49. The fraction of sp³-hybridized carbons (Fsp3) is 0.974. The number of carbonyl (C=O) groups is 2. The number of carbonyl (C=O) groups excluding carboxylic acids is 2. The molecule has 0 aliphatic rings. The van der Waals surface area contributed by atoms with Gasteiger partial charge in [-0.1, -0.05) is 418 Å². The van der Waals surface area contributed by atoms with Gasteiger partial charge in [0.15, 0.2) is 0 Å². The van der Waals surface area contributed by atoms with Crippen LogP contribution in [0.1, 0.15) is 457 Å². The van der Waals surface area contributed by atoms with Gasteiger partial charge in [-0.3, -0.25) is 9.59 Å². The molecule has 1 amide bonds. The third-order valence-corrected chi connectivity index (χ3v) is 18.7. The van der Waals surface area contributed by atoms with Gasteiger partial charge in [0.25, 0.3) is 0 Å². The van der Waals surface area contributed by atoms with E-state index in [4.69, 9.17) is 4.74 Å². The van der Waals surface area contributed by atoms with Gasteiger partial charge in [-0.05, 0) is 25.7 Å². The van der Waals surface area contributed by atoms with E-state index in [1.165, 1.54) is 385 Å². The summed E-state index contributed by atoms with van der Waals surface area (Å²) in [5.74, 6) is -0.00159. The molecule has 0 fully saturated rings. The van der Waals surface area contributed by atoms with Crippen molar-refractivity contribution >= 4 is 11.9 Å². The van der Waals surface area contributed by atoms with Crippen molar-refractivity contribution in [2.24, 2.45) is 0 Å². The molecular weight excluding hydrogens is 1020 g/mol. The molecule has 0 saturated heterocycles. The first kappa shape index (κ1) is 81.9. The number of aliphatic hydroxyl groups excluding tert-OH is 2. The summed E-state index contributed by atoms with van der Waals surface area (Å²) < 4.78 is 5.50. The van der Waals surface area contributed by atoms with Crippen molar-refractivity contribution < 1.29 is 24.5 Å². The highest BCUT2D eigenvalue weighted by Gasteiger charge is 2.20. The first-order valence-corrected chi connectivity index (χ1v) is 38.8. The molecule has 496 valence electrons. The zero-order chi connectivity index (χ0) is 59.9. The molecule has 2 atom stereocenters. The first-order chi connectivity index (χ1) is 41.0. The minimum atomic E-state index is -0.662. The van der Waals surface area contributed by atoms with E-state index >= 15 is 0 Å². The number of rotatable bonds is 74. The summed E-state index contributed by atoms with van der Waals surface area (Å²) in [7, 11) is 0. The average molecular weight is 1170 g/mol. The molecule has 83 heavy (non-hydrogen) atoms. The predicted octanol–water partition coefficient (Wildman–Crippen LogP) is 25.3. The van der Waals surface area contributed by atoms with Crippen LogP contribution in [0.25, 0.3) is 0 Å². The lowest BCUT2D eigenvalue weighted by Crippen LogP contribution is -2.45. The largest absolute Gasteiger partial charge is 0.466 e. The van der Waals surface area contributed by atoms with Gasteiger partial charge in [0.2, 0.25) is 5.91 Å². The second-order valence-corrected chi connectivity index (χ2v) is 27.1. The maximum Gasteiger partial charge on any atom is 0.305 e. The summed E-state index contributed by atoms with van der Waals surface area (Å²) in [5.41, 5.74) is 0. The fourth-order valence-electron chi connectivity index (χ4n) is 12.8. The SMILES string of the molecule is CCCCCCCCCCCCCCCCCCCCCCCCCC(O)C(CO)NC(=O)CCCCCCCCCCCCCCCCCCCCCCCCCCCCCCCCOC(=O)CCCCCCCCCCCCCCC. The zero-order valence-electron chi connectivity index (χ0n) is 57.0. The van der Waals surface area contributed by atoms with Gasteiger partial charge in [-0.2, -0.15) is 0 Å². The maximum atomic E-state index is 12.6. The van der Waals surface area contributed by atoms with Crippen LogP contribution in [0.3, 0.4) is 0 Å². The van der Waals surface area contributed by atoms with Crippen molar-refractivity contribution in [3.63, 3.8) is 0 Å².